The number of pyridine rings is 1. The van der Waals surface area contributed by atoms with Crippen molar-refractivity contribution in [3.8, 4) is 11.4 Å². The van der Waals surface area contributed by atoms with Crippen LogP contribution in [0.1, 0.15) is 28.2 Å². The third-order valence-electron chi connectivity index (χ3n) is 6.03. The second kappa shape index (κ2) is 9.58. The van der Waals surface area contributed by atoms with Crippen molar-refractivity contribution in [1.29, 1.82) is 0 Å². The molecule has 0 saturated carbocycles. The van der Waals surface area contributed by atoms with Gasteiger partial charge in [-0.3, -0.25) is 9.78 Å². The number of hydrogen-bond acceptors (Lipinski definition) is 5. The molecule has 2 aromatic heterocycles. The van der Waals surface area contributed by atoms with Crippen molar-refractivity contribution in [2.45, 2.75) is 25.8 Å². The Kier molecular flexibility index (Phi) is 6.63. The number of fused-ring (bicyclic) bond motifs is 1. The highest BCUT2D eigenvalue weighted by Crippen LogP contribution is 2.19. The first kappa shape index (κ1) is 21.5. The molecular weight excluding hydrogens is 412 g/mol. The van der Waals surface area contributed by atoms with Crippen LogP contribution in [0.2, 0.25) is 0 Å². The highest BCUT2D eigenvalue weighted by Gasteiger charge is 2.22. The Hall–Kier alpha value is -2.77. The van der Waals surface area contributed by atoms with Gasteiger partial charge in [0.1, 0.15) is 5.82 Å². The quantitative estimate of drug-likeness (QED) is 0.677. The molecule has 1 N–H and O–H groups in total. The zero-order valence-electron chi connectivity index (χ0n) is 17.4. The van der Waals surface area contributed by atoms with E-state index >= 15 is 0 Å². The zero-order chi connectivity index (χ0) is 20.3. The molecule has 2 aliphatic heterocycles. The molecule has 1 atom stereocenters. The standard InChI is InChI=1S/C23H26N6O.ClH/c30-23(19-5-3-17(4-6-19)14-18-7-10-25-15-18)28-11-8-21-26-22(27-29(21)13-12-28)20-2-1-9-24-16-20;/h1-6,9,16,18,25H,7-8,10-15H2;1H. The summed E-state index contributed by atoms with van der Waals surface area (Å²) in [5.74, 6) is 2.42. The number of carbonyl (C=O) groups is 1. The van der Waals surface area contributed by atoms with Crippen molar-refractivity contribution in [3.05, 3.63) is 65.7 Å². The number of nitrogens with zero attached hydrogens (tertiary/aromatic N) is 5. The summed E-state index contributed by atoms with van der Waals surface area (Å²) in [6.07, 6.45) is 6.53. The summed E-state index contributed by atoms with van der Waals surface area (Å²) >= 11 is 0. The minimum absolute atomic E-state index is 0. The highest BCUT2D eigenvalue weighted by molar-refractivity contribution is 5.94. The van der Waals surface area contributed by atoms with Gasteiger partial charge in [0.2, 0.25) is 0 Å². The average molecular weight is 439 g/mol. The van der Waals surface area contributed by atoms with Crippen LogP contribution in [0.25, 0.3) is 11.4 Å². The molecular formula is C23H27ClN6O. The number of carbonyl (C=O) groups excluding carboxylic acids is 1. The summed E-state index contributed by atoms with van der Waals surface area (Å²) in [6, 6.07) is 12.0. The number of hydrogen-bond donors (Lipinski definition) is 1. The lowest BCUT2D eigenvalue weighted by atomic mass is 9.98. The maximum Gasteiger partial charge on any atom is 0.253 e. The summed E-state index contributed by atoms with van der Waals surface area (Å²) in [7, 11) is 0. The lowest BCUT2D eigenvalue weighted by Gasteiger charge is -2.20. The Morgan fingerprint density at radius 3 is 2.74 bits per heavy atom. The van der Waals surface area contributed by atoms with Crippen molar-refractivity contribution in [2.75, 3.05) is 26.2 Å². The second-order valence-corrected chi connectivity index (χ2v) is 8.12. The average Bonchev–Trinajstić information content (AvgIpc) is 3.41. The van der Waals surface area contributed by atoms with Crippen LogP contribution in [0.4, 0.5) is 0 Å². The van der Waals surface area contributed by atoms with Gasteiger partial charge in [-0.2, -0.15) is 5.10 Å². The third-order valence-corrected chi connectivity index (χ3v) is 6.03. The van der Waals surface area contributed by atoms with Crippen molar-refractivity contribution in [3.63, 3.8) is 0 Å². The molecule has 1 saturated heterocycles. The Bertz CT molecular complexity index is 989. The van der Waals surface area contributed by atoms with E-state index in [-0.39, 0.29) is 18.3 Å². The monoisotopic (exact) mass is 438 g/mol. The lowest BCUT2D eigenvalue weighted by Crippen LogP contribution is -2.33. The van der Waals surface area contributed by atoms with Gasteiger partial charge in [-0.15, -0.1) is 12.4 Å². The van der Waals surface area contributed by atoms with Crippen LogP contribution in [0.5, 0.6) is 0 Å². The van der Waals surface area contributed by atoms with E-state index < -0.39 is 0 Å². The minimum atomic E-state index is 0. The molecule has 1 amide bonds. The molecule has 0 aliphatic carbocycles. The number of amides is 1. The van der Waals surface area contributed by atoms with E-state index in [0.29, 0.717) is 37.8 Å². The summed E-state index contributed by atoms with van der Waals surface area (Å²) in [5.41, 5.74) is 2.98. The van der Waals surface area contributed by atoms with E-state index in [4.69, 9.17) is 0 Å². The Morgan fingerprint density at radius 2 is 2.00 bits per heavy atom. The van der Waals surface area contributed by atoms with Crippen LogP contribution in [0.3, 0.4) is 0 Å². The van der Waals surface area contributed by atoms with E-state index in [0.717, 1.165) is 36.5 Å². The fraction of sp³-hybridized carbons (Fsp3) is 0.391. The first-order chi connectivity index (χ1) is 14.8. The molecule has 3 aromatic rings. The van der Waals surface area contributed by atoms with E-state index in [1.807, 2.05) is 33.8 Å². The first-order valence-electron chi connectivity index (χ1n) is 10.7. The number of benzene rings is 1. The van der Waals surface area contributed by atoms with Gasteiger partial charge in [-0.25, -0.2) is 9.67 Å². The zero-order valence-corrected chi connectivity index (χ0v) is 18.2. The predicted octanol–water partition coefficient (Wildman–Crippen LogP) is 2.61. The lowest BCUT2D eigenvalue weighted by molar-refractivity contribution is 0.0758. The fourth-order valence-corrected chi connectivity index (χ4v) is 4.31. The Morgan fingerprint density at radius 1 is 1.13 bits per heavy atom. The van der Waals surface area contributed by atoms with E-state index in [1.165, 1.54) is 12.0 Å². The maximum atomic E-state index is 13.0. The summed E-state index contributed by atoms with van der Waals surface area (Å²) in [5, 5.41) is 8.04. The van der Waals surface area contributed by atoms with Crippen LogP contribution in [-0.4, -0.2) is 56.7 Å². The molecule has 0 radical (unpaired) electrons. The van der Waals surface area contributed by atoms with Crippen LogP contribution in [0, 0.1) is 5.92 Å². The van der Waals surface area contributed by atoms with Crippen LogP contribution in [-0.2, 0) is 19.4 Å². The SMILES string of the molecule is Cl.O=C(c1ccc(CC2CCNC2)cc1)N1CCc2nc(-c3cccnc3)nn2CC1. The third kappa shape index (κ3) is 4.78. The molecule has 1 fully saturated rings. The van der Waals surface area contributed by atoms with Gasteiger partial charge in [0, 0.05) is 43.0 Å². The number of aromatic nitrogens is 4. The van der Waals surface area contributed by atoms with Gasteiger partial charge in [0.25, 0.3) is 5.91 Å². The number of halogens is 1. The summed E-state index contributed by atoms with van der Waals surface area (Å²) in [6.45, 7) is 4.16. The molecule has 162 valence electrons. The highest BCUT2D eigenvalue weighted by atomic mass is 35.5. The Labute approximate surface area is 188 Å². The predicted molar refractivity (Wildman–Crippen MR) is 121 cm³/mol. The Balaban J connectivity index is 0.00000231. The molecule has 5 rings (SSSR count). The van der Waals surface area contributed by atoms with Crippen molar-refractivity contribution in [2.24, 2.45) is 5.92 Å². The number of nitrogens with one attached hydrogen (secondary N) is 1. The fourth-order valence-electron chi connectivity index (χ4n) is 4.31. The first-order valence-corrected chi connectivity index (χ1v) is 10.7. The van der Waals surface area contributed by atoms with Gasteiger partial charge >= 0.3 is 0 Å². The van der Waals surface area contributed by atoms with Crippen LogP contribution in [0.15, 0.2) is 48.8 Å². The van der Waals surface area contributed by atoms with E-state index in [9.17, 15) is 4.79 Å². The van der Waals surface area contributed by atoms with Gasteiger partial charge in [-0.1, -0.05) is 12.1 Å². The van der Waals surface area contributed by atoms with Gasteiger partial charge in [0.15, 0.2) is 5.82 Å². The molecule has 1 aromatic carbocycles. The molecule has 8 heteroatoms. The van der Waals surface area contributed by atoms with Crippen LogP contribution < -0.4 is 5.32 Å². The number of rotatable bonds is 4. The molecule has 0 bridgehead atoms. The van der Waals surface area contributed by atoms with Crippen molar-refractivity contribution < 1.29 is 4.79 Å². The van der Waals surface area contributed by atoms with E-state index in [2.05, 4.69) is 32.5 Å². The largest absolute Gasteiger partial charge is 0.336 e. The molecule has 1 unspecified atom stereocenters. The van der Waals surface area contributed by atoms with Crippen LogP contribution >= 0.6 is 12.4 Å². The molecule has 31 heavy (non-hydrogen) atoms. The van der Waals surface area contributed by atoms with Gasteiger partial charge in [-0.05, 0) is 61.7 Å². The van der Waals surface area contributed by atoms with Crippen molar-refractivity contribution in [1.82, 2.24) is 30.0 Å². The molecule has 4 heterocycles. The minimum Gasteiger partial charge on any atom is -0.336 e. The molecule has 0 spiro atoms. The van der Waals surface area contributed by atoms with Gasteiger partial charge in [0.05, 0.1) is 6.54 Å². The second-order valence-electron chi connectivity index (χ2n) is 8.12. The summed E-state index contributed by atoms with van der Waals surface area (Å²) in [4.78, 5) is 23.8. The molecule has 7 nitrogen and oxygen atoms in total. The maximum absolute atomic E-state index is 13.0. The van der Waals surface area contributed by atoms with E-state index in [1.54, 1.807) is 12.4 Å². The summed E-state index contributed by atoms with van der Waals surface area (Å²) < 4.78 is 1.92. The molecule has 2 aliphatic rings. The van der Waals surface area contributed by atoms with Gasteiger partial charge < -0.3 is 10.2 Å². The topological polar surface area (TPSA) is 75.9 Å². The normalized spacial score (nSPS) is 18.2. The van der Waals surface area contributed by atoms with Crippen molar-refractivity contribution >= 4 is 18.3 Å². The smallest absolute Gasteiger partial charge is 0.253 e.